The monoisotopic (exact) mass is 366 g/mol. The highest BCUT2D eigenvalue weighted by Crippen LogP contribution is 2.29. The molecule has 2 aromatic carbocycles. The number of hydrogen-bond donors (Lipinski definition) is 1. The van der Waals surface area contributed by atoms with Gasteiger partial charge in [-0.05, 0) is 36.4 Å². The second-order valence-corrected chi connectivity index (χ2v) is 5.69. The largest absolute Gasteiger partial charge is 0.457 e. The van der Waals surface area contributed by atoms with Gasteiger partial charge in [0, 0.05) is 11.6 Å². The van der Waals surface area contributed by atoms with Gasteiger partial charge in [0.05, 0.1) is 10.7 Å². The van der Waals surface area contributed by atoms with E-state index < -0.39 is 11.7 Å². The van der Waals surface area contributed by atoms with E-state index in [0.717, 1.165) is 0 Å². The van der Waals surface area contributed by atoms with Crippen LogP contribution in [0.1, 0.15) is 5.76 Å². The van der Waals surface area contributed by atoms with Crippen LogP contribution in [-0.4, -0.2) is 5.91 Å². The molecule has 0 unspecified atom stereocenters. The Hall–Kier alpha value is -3.36. The van der Waals surface area contributed by atoms with Crippen LogP contribution in [-0.2, 0) is 4.79 Å². The Bertz CT molecular complexity index is 1030. The summed E-state index contributed by atoms with van der Waals surface area (Å²) in [4.78, 5) is 12.2. The lowest BCUT2D eigenvalue weighted by atomic mass is 10.2. The van der Waals surface area contributed by atoms with Crippen LogP contribution in [0.15, 0.2) is 70.7 Å². The lowest BCUT2D eigenvalue weighted by molar-refractivity contribution is -0.112. The number of anilines is 1. The third-order valence-corrected chi connectivity index (χ3v) is 3.87. The number of para-hydroxylation sites is 1. The standard InChI is InChI=1S/C20H12ClFN2O2/c21-16-6-2-1-5-15(16)19-10-9-14(26-19)11-13(12-23)20(25)24-18-8-4-3-7-17(18)22/h1-11H,(H,24,25)/b13-11+. The van der Waals surface area contributed by atoms with Gasteiger partial charge in [-0.3, -0.25) is 4.79 Å². The number of halogens is 2. The first-order chi connectivity index (χ1) is 12.6. The molecular weight excluding hydrogens is 355 g/mol. The lowest BCUT2D eigenvalue weighted by Gasteiger charge is -2.04. The molecule has 0 aliphatic rings. The van der Waals surface area contributed by atoms with Gasteiger partial charge in [0.2, 0.25) is 0 Å². The van der Waals surface area contributed by atoms with Gasteiger partial charge in [0.25, 0.3) is 5.91 Å². The third-order valence-electron chi connectivity index (χ3n) is 3.54. The highest BCUT2D eigenvalue weighted by molar-refractivity contribution is 6.33. The van der Waals surface area contributed by atoms with Crippen molar-refractivity contribution in [2.45, 2.75) is 0 Å². The van der Waals surface area contributed by atoms with E-state index in [-0.39, 0.29) is 11.3 Å². The molecule has 26 heavy (non-hydrogen) atoms. The Kier molecular flexibility index (Phi) is 5.16. The van der Waals surface area contributed by atoms with Crippen molar-refractivity contribution in [2.75, 3.05) is 5.32 Å². The third kappa shape index (κ3) is 3.82. The van der Waals surface area contributed by atoms with Gasteiger partial charge < -0.3 is 9.73 Å². The Morgan fingerprint density at radius 3 is 2.58 bits per heavy atom. The number of rotatable bonds is 4. The van der Waals surface area contributed by atoms with Crippen LogP contribution in [0, 0.1) is 17.1 Å². The lowest BCUT2D eigenvalue weighted by Crippen LogP contribution is -2.14. The fourth-order valence-corrected chi connectivity index (χ4v) is 2.51. The molecule has 0 atom stereocenters. The van der Waals surface area contributed by atoms with Crippen LogP contribution >= 0.6 is 11.6 Å². The van der Waals surface area contributed by atoms with Crippen LogP contribution in [0.25, 0.3) is 17.4 Å². The van der Waals surface area contributed by atoms with Gasteiger partial charge in [-0.15, -0.1) is 0 Å². The summed E-state index contributed by atoms with van der Waals surface area (Å²) in [7, 11) is 0. The zero-order valence-corrected chi connectivity index (χ0v) is 14.1. The maximum atomic E-state index is 13.6. The molecule has 1 amide bonds. The summed E-state index contributed by atoms with van der Waals surface area (Å²) in [6.45, 7) is 0. The van der Waals surface area contributed by atoms with Crippen molar-refractivity contribution in [2.24, 2.45) is 0 Å². The molecule has 0 aliphatic heterocycles. The summed E-state index contributed by atoms with van der Waals surface area (Å²) in [6.07, 6.45) is 1.29. The second-order valence-electron chi connectivity index (χ2n) is 5.29. The molecule has 6 heteroatoms. The SMILES string of the molecule is N#C/C(=C\c1ccc(-c2ccccc2Cl)o1)C(=O)Nc1ccccc1F. The van der Waals surface area contributed by atoms with Crippen molar-refractivity contribution in [3.05, 3.63) is 82.8 Å². The maximum absolute atomic E-state index is 13.6. The molecule has 0 aliphatic carbocycles. The summed E-state index contributed by atoms with van der Waals surface area (Å²) >= 11 is 6.13. The van der Waals surface area contributed by atoms with E-state index in [1.807, 2.05) is 6.07 Å². The van der Waals surface area contributed by atoms with E-state index >= 15 is 0 Å². The van der Waals surface area contributed by atoms with Crippen molar-refractivity contribution in [3.8, 4) is 17.4 Å². The summed E-state index contributed by atoms with van der Waals surface area (Å²) in [6, 6.07) is 18.0. The van der Waals surface area contributed by atoms with Crippen LogP contribution in [0.2, 0.25) is 5.02 Å². The molecule has 0 bridgehead atoms. The first-order valence-corrected chi connectivity index (χ1v) is 7.98. The van der Waals surface area contributed by atoms with E-state index in [2.05, 4.69) is 5.32 Å². The molecule has 4 nitrogen and oxygen atoms in total. The average Bonchev–Trinajstić information content (AvgIpc) is 3.10. The first kappa shape index (κ1) is 17.5. The van der Waals surface area contributed by atoms with E-state index in [1.165, 1.54) is 24.3 Å². The van der Waals surface area contributed by atoms with Crippen LogP contribution < -0.4 is 5.32 Å². The summed E-state index contributed by atoms with van der Waals surface area (Å²) in [5.41, 5.74) is 0.478. The number of nitriles is 1. The summed E-state index contributed by atoms with van der Waals surface area (Å²) < 4.78 is 19.3. The first-order valence-electron chi connectivity index (χ1n) is 7.61. The Balaban J connectivity index is 1.84. The predicted octanol–water partition coefficient (Wildman–Crippen LogP) is 5.28. The number of furan rings is 1. The number of nitrogens with one attached hydrogen (secondary N) is 1. The maximum Gasteiger partial charge on any atom is 0.266 e. The molecule has 0 spiro atoms. The number of nitrogens with zero attached hydrogens (tertiary/aromatic N) is 1. The molecule has 0 saturated carbocycles. The molecule has 1 N–H and O–H groups in total. The average molecular weight is 367 g/mol. The van der Waals surface area contributed by atoms with Gasteiger partial charge >= 0.3 is 0 Å². The predicted molar refractivity (Wildman–Crippen MR) is 97.8 cm³/mol. The molecule has 1 aromatic heterocycles. The number of benzene rings is 2. The minimum atomic E-state index is -0.728. The minimum Gasteiger partial charge on any atom is -0.457 e. The molecule has 1 heterocycles. The normalized spacial score (nSPS) is 11.0. The molecule has 128 valence electrons. The molecule has 0 fully saturated rings. The molecule has 0 radical (unpaired) electrons. The summed E-state index contributed by atoms with van der Waals surface area (Å²) in [5, 5.41) is 12.1. The zero-order chi connectivity index (χ0) is 18.5. The molecular formula is C20H12ClFN2O2. The van der Waals surface area contributed by atoms with E-state index in [4.69, 9.17) is 16.0 Å². The van der Waals surface area contributed by atoms with Gasteiger partial charge in [0.1, 0.15) is 29.0 Å². The second kappa shape index (κ2) is 7.68. The van der Waals surface area contributed by atoms with Crippen molar-refractivity contribution < 1.29 is 13.6 Å². The van der Waals surface area contributed by atoms with Gasteiger partial charge in [0.15, 0.2) is 0 Å². The van der Waals surface area contributed by atoms with Crippen molar-refractivity contribution in [1.29, 1.82) is 5.26 Å². The van der Waals surface area contributed by atoms with Gasteiger partial charge in [-0.25, -0.2) is 4.39 Å². The highest BCUT2D eigenvalue weighted by atomic mass is 35.5. The van der Waals surface area contributed by atoms with Crippen LogP contribution in [0.4, 0.5) is 10.1 Å². The number of carbonyl (C=O) groups is 1. The van der Waals surface area contributed by atoms with Gasteiger partial charge in [-0.1, -0.05) is 35.9 Å². The number of carbonyl (C=O) groups excluding carboxylic acids is 1. The van der Waals surface area contributed by atoms with Crippen molar-refractivity contribution >= 4 is 29.3 Å². The fraction of sp³-hybridized carbons (Fsp3) is 0. The van der Waals surface area contributed by atoms with Gasteiger partial charge in [-0.2, -0.15) is 5.26 Å². The number of amides is 1. The van der Waals surface area contributed by atoms with Crippen molar-refractivity contribution in [1.82, 2.24) is 0 Å². The Morgan fingerprint density at radius 2 is 1.85 bits per heavy atom. The highest BCUT2D eigenvalue weighted by Gasteiger charge is 2.13. The smallest absolute Gasteiger partial charge is 0.266 e. The topological polar surface area (TPSA) is 66.0 Å². The van der Waals surface area contributed by atoms with Crippen molar-refractivity contribution in [3.63, 3.8) is 0 Å². The molecule has 0 saturated heterocycles. The molecule has 3 aromatic rings. The van der Waals surface area contributed by atoms with E-state index in [0.29, 0.717) is 22.1 Å². The summed E-state index contributed by atoms with van der Waals surface area (Å²) in [5.74, 6) is -0.501. The Labute approximate surface area is 154 Å². The molecule has 3 rings (SSSR count). The van der Waals surface area contributed by atoms with Crippen LogP contribution in [0.5, 0.6) is 0 Å². The Morgan fingerprint density at radius 1 is 1.12 bits per heavy atom. The van der Waals surface area contributed by atoms with Crippen LogP contribution in [0.3, 0.4) is 0 Å². The minimum absolute atomic E-state index is 0.00477. The number of hydrogen-bond acceptors (Lipinski definition) is 3. The fourth-order valence-electron chi connectivity index (χ4n) is 2.28. The van der Waals surface area contributed by atoms with E-state index in [1.54, 1.807) is 42.5 Å². The zero-order valence-electron chi connectivity index (χ0n) is 13.4. The van der Waals surface area contributed by atoms with E-state index in [9.17, 15) is 14.4 Å². The quantitative estimate of drug-likeness (QED) is 0.504.